The molecular formula is C18H13ClF3NO3. The monoisotopic (exact) mass is 383 g/mol. The number of nitrogens with one attached hydrogen (secondary N) is 1. The highest BCUT2D eigenvalue weighted by Gasteiger charge is 2.31. The van der Waals surface area contributed by atoms with E-state index >= 15 is 0 Å². The summed E-state index contributed by atoms with van der Waals surface area (Å²) in [4.78, 5) is 14.9. The molecule has 4 nitrogen and oxygen atoms in total. The van der Waals surface area contributed by atoms with Gasteiger partial charge in [-0.15, -0.1) is 0 Å². The van der Waals surface area contributed by atoms with Crippen LogP contribution >= 0.6 is 11.6 Å². The Labute approximate surface area is 150 Å². The van der Waals surface area contributed by atoms with Crippen molar-refractivity contribution in [2.75, 3.05) is 6.61 Å². The van der Waals surface area contributed by atoms with Crippen molar-refractivity contribution in [3.63, 3.8) is 0 Å². The number of phenolic OH excluding ortho intramolecular Hbond substituents is 1. The summed E-state index contributed by atoms with van der Waals surface area (Å²) in [6.45, 7) is 1.75. The number of fused-ring (bicyclic) bond motifs is 1. The van der Waals surface area contributed by atoms with E-state index in [9.17, 15) is 23.1 Å². The van der Waals surface area contributed by atoms with Crippen molar-refractivity contribution in [3.8, 4) is 22.6 Å². The lowest BCUT2D eigenvalue weighted by molar-refractivity contribution is -0.137. The van der Waals surface area contributed by atoms with E-state index in [1.165, 1.54) is 24.3 Å². The lowest BCUT2D eigenvalue weighted by Gasteiger charge is -2.16. The van der Waals surface area contributed by atoms with Crippen LogP contribution in [-0.2, 0) is 6.18 Å². The predicted molar refractivity (Wildman–Crippen MR) is 92.9 cm³/mol. The van der Waals surface area contributed by atoms with Crippen LogP contribution in [0.25, 0.3) is 22.0 Å². The molecule has 3 aromatic rings. The number of halogens is 4. The molecule has 0 aliphatic heterocycles. The third kappa shape index (κ3) is 3.22. The molecular weight excluding hydrogens is 371 g/mol. The van der Waals surface area contributed by atoms with E-state index in [0.717, 1.165) is 12.1 Å². The summed E-state index contributed by atoms with van der Waals surface area (Å²) >= 11 is 5.97. The van der Waals surface area contributed by atoms with Crippen LogP contribution in [0, 0.1) is 0 Å². The van der Waals surface area contributed by atoms with Crippen LogP contribution in [0.15, 0.2) is 41.2 Å². The summed E-state index contributed by atoms with van der Waals surface area (Å²) in [7, 11) is 0. The second-order valence-electron chi connectivity index (χ2n) is 5.51. The maximum absolute atomic E-state index is 13.1. The molecule has 0 fully saturated rings. The lowest BCUT2D eigenvalue weighted by Crippen LogP contribution is -2.14. The van der Waals surface area contributed by atoms with Crippen LogP contribution in [0.5, 0.6) is 11.5 Å². The third-order valence-electron chi connectivity index (χ3n) is 3.81. The fourth-order valence-corrected chi connectivity index (χ4v) is 2.88. The number of aromatic hydroxyl groups is 1. The minimum absolute atomic E-state index is 0.0525. The average Bonchev–Trinajstić information content (AvgIpc) is 2.57. The van der Waals surface area contributed by atoms with E-state index in [0.29, 0.717) is 0 Å². The predicted octanol–water partition coefficient (Wildman–Crippen LogP) is 4.97. The highest BCUT2D eigenvalue weighted by atomic mass is 35.5. The Morgan fingerprint density at radius 2 is 1.92 bits per heavy atom. The van der Waals surface area contributed by atoms with Gasteiger partial charge in [0, 0.05) is 27.1 Å². The SMILES string of the molecule is CCOc1c(-c2cc(Cl)ccc2O)c2cc(C(F)(F)F)ccc2[nH]c1=O. The van der Waals surface area contributed by atoms with Crippen molar-refractivity contribution in [2.24, 2.45) is 0 Å². The molecule has 0 saturated carbocycles. The van der Waals surface area contributed by atoms with Crippen molar-refractivity contribution in [1.29, 1.82) is 0 Å². The van der Waals surface area contributed by atoms with Gasteiger partial charge in [-0.25, -0.2) is 0 Å². The second-order valence-corrected chi connectivity index (χ2v) is 5.95. The number of alkyl halides is 3. The largest absolute Gasteiger partial charge is 0.507 e. The Hall–Kier alpha value is -2.67. The van der Waals surface area contributed by atoms with Crippen molar-refractivity contribution >= 4 is 22.5 Å². The summed E-state index contributed by atoms with van der Waals surface area (Å²) in [6, 6.07) is 7.04. The summed E-state index contributed by atoms with van der Waals surface area (Å²) in [6.07, 6.45) is -4.57. The van der Waals surface area contributed by atoms with Gasteiger partial charge in [0.05, 0.1) is 12.2 Å². The molecule has 0 radical (unpaired) electrons. The highest BCUT2D eigenvalue weighted by Crippen LogP contribution is 2.41. The number of H-pyrrole nitrogens is 1. The van der Waals surface area contributed by atoms with Crippen LogP contribution in [0.4, 0.5) is 13.2 Å². The zero-order valence-electron chi connectivity index (χ0n) is 13.4. The number of aromatic nitrogens is 1. The third-order valence-corrected chi connectivity index (χ3v) is 4.05. The molecule has 0 atom stereocenters. The van der Waals surface area contributed by atoms with Gasteiger partial charge in [0.2, 0.25) is 0 Å². The first-order valence-corrected chi connectivity index (χ1v) is 7.99. The van der Waals surface area contributed by atoms with E-state index in [4.69, 9.17) is 16.3 Å². The van der Waals surface area contributed by atoms with E-state index < -0.39 is 17.3 Å². The molecule has 0 bridgehead atoms. The first kappa shape index (κ1) is 18.1. The standard InChI is InChI=1S/C18H13ClF3NO3/c1-2-26-16-15(12-8-10(19)4-6-14(12)24)11-7-9(18(20,21)22)3-5-13(11)23-17(16)25/h3-8,24H,2H2,1H3,(H,23,25). The van der Waals surface area contributed by atoms with Gasteiger partial charge in [0.25, 0.3) is 5.56 Å². The fraction of sp³-hybridized carbons (Fsp3) is 0.167. The van der Waals surface area contributed by atoms with E-state index in [1.54, 1.807) is 6.92 Å². The first-order chi connectivity index (χ1) is 12.2. The van der Waals surface area contributed by atoms with Crippen molar-refractivity contribution in [2.45, 2.75) is 13.1 Å². The second kappa shape index (κ2) is 6.57. The van der Waals surface area contributed by atoms with Gasteiger partial charge in [0.15, 0.2) is 5.75 Å². The number of aromatic amines is 1. The smallest absolute Gasteiger partial charge is 0.416 e. The van der Waals surface area contributed by atoms with Crippen molar-refractivity contribution in [3.05, 3.63) is 57.3 Å². The minimum Gasteiger partial charge on any atom is -0.507 e. The Kier molecular flexibility index (Phi) is 4.58. The van der Waals surface area contributed by atoms with Gasteiger partial charge in [0.1, 0.15) is 5.75 Å². The van der Waals surface area contributed by atoms with E-state index in [2.05, 4.69) is 4.98 Å². The zero-order valence-corrected chi connectivity index (χ0v) is 14.2. The van der Waals surface area contributed by atoms with Crippen molar-refractivity contribution < 1.29 is 23.0 Å². The molecule has 0 unspecified atom stereocenters. The maximum Gasteiger partial charge on any atom is 0.416 e. The zero-order chi connectivity index (χ0) is 19.1. The summed E-state index contributed by atoms with van der Waals surface area (Å²) in [5, 5.41) is 10.5. The number of phenols is 1. The fourth-order valence-electron chi connectivity index (χ4n) is 2.71. The summed E-state index contributed by atoms with van der Waals surface area (Å²) in [5.74, 6) is -0.420. The Morgan fingerprint density at radius 3 is 2.58 bits per heavy atom. The van der Waals surface area contributed by atoms with Gasteiger partial charge in [-0.2, -0.15) is 13.2 Å². The number of pyridine rings is 1. The molecule has 1 heterocycles. The van der Waals surface area contributed by atoms with Gasteiger partial charge in [-0.1, -0.05) is 11.6 Å². The Bertz CT molecular complexity index is 1040. The molecule has 0 amide bonds. The van der Waals surface area contributed by atoms with Gasteiger partial charge < -0.3 is 14.8 Å². The minimum atomic E-state index is -4.57. The molecule has 3 rings (SSSR count). The van der Waals surface area contributed by atoms with E-state index in [1.807, 2.05) is 0 Å². The molecule has 0 saturated heterocycles. The molecule has 2 N–H and O–H groups in total. The van der Waals surface area contributed by atoms with E-state index in [-0.39, 0.29) is 45.2 Å². The van der Waals surface area contributed by atoms with Crippen LogP contribution in [0.1, 0.15) is 12.5 Å². The van der Waals surface area contributed by atoms with Crippen LogP contribution in [0.2, 0.25) is 5.02 Å². The van der Waals surface area contributed by atoms with Crippen LogP contribution in [0.3, 0.4) is 0 Å². The summed E-state index contributed by atoms with van der Waals surface area (Å²) in [5.41, 5.74) is -1.16. The first-order valence-electron chi connectivity index (χ1n) is 7.61. The molecule has 8 heteroatoms. The lowest BCUT2D eigenvalue weighted by atomic mass is 9.97. The molecule has 136 valence electrons. The molecule has 0 aliphatic carbocycles. The van der Waals surface area contributed by atoms with Gasteiger partial charge >= 0.3 is 6.18 Å². The van der Waals surface area contributed by atoms with Gasteiger partial charge in [-0.05, 0) is 43.3 Å². The number of rotatable bonds is 3. The van der Waals surface area contributed by atoms with Crippen LogP contribution < -0.4 is 10.3 Å². The molecule has 26 heavy (non-hydrogen) atoms. The number of hydrogen-bond acceptors (Lipinski definition) is 3. The number of hydrogen-bond donors (Lipinski definition) is 2. The average molecular weight is 384 g/mol. The topological polar surface area (TPSA) is 62.3 Å². The number of benzene rings is 2. The maximum atomic E-state index is 13.1. The number of ether oxygens (including phenoxy) is 1. The molecule has 0 spiro atoms. The quantitative estimate of drug-likeness (QED) is 0.671. The van der Waals surface area contributed by atoms with Crippen molar-refractivity contribution in [1.82, 2.24) is 4.98 Å². The molecule has 2 aromatic carbocycles. The summed E-state index contributed by atoms with van der Waals surface area (Å²) < 4.78 is 44.8. The molecule has 0 aliphatic rings. The van der Waals surface area contributed by atoms with Crippen LogP contribution in [-0.4, -0.2) is 16.7 Å². The Morgan fingerprint density at radius 1 is 1.19 bits per heavy atom. The molecule has 1 aromatic heterocycles. The normalized spacial score (nSPS) is 11.7. The highest BCUT2D eigenvalue weighted by molar-refractivity contribution is 6.31. The Balaban J connectivity index is 2.48. The van der Waals surface area contributed by atoms with Gasteiger partial charge in [-0.3, -0.25) is 4.79 Å².